The van der Waals surface area contributed by atoms with Crippen LogP contribution in [0.3, 0.4) is 0 Å². The van der Waals surface area contributed by atoms with Crippen LogP contribution in [0, 0.1) is 0 Å². The molecule has 6 nitrogen and oxygen atoms in total. The van der Waals surface area contributed by atoms with Crippen molar-refractivity contribution in [3.63, 3.8) is 0 Å². The first-order valence-electron chi connectivity index (χ1n) is 10.9. The van der Waals surface area contributed by atoms with Gasteiger partial charge in [0.05, 0.1) is 11.5 Å². The highest BCUT2D eigenvalue weighted by molar-refractivity contribution is 7.89. The molecule has 34 heavy (non-hydrogen) atoms. The molecule has 3 rings (SSSR count). The van der Waals surface area contributed by atoms with Crippen molar-refractivity contribution in [1.29, 1.82) is 0 Å². The Morgan fingerprint density at radius 1 is 1.12 bits per heavy atom. The number of hydrogen-bond acceptors (Lipinski definition) is 5. The molecule has 1 aromatic heterocycles. The second-order valence-electron chi connectivity index (χ2n) is 7.78. The Balaban J connectivity index is 1.81. The first-order valence-corrected chi connectivity index (χ1v) is 12.7. The lowest BCUT2D eigenvalue weighted by Crippen LogP contribution is -2.29. The van der Waals surface area contributed by atoms with E-state index < -0.39 is 10.0 Å². The van der Waals surface area contributed by atoms with Gasteiger partial charge in [-0.3, -0.25) is 4.98 Å². The SMILES string of the molecule is CCOC(=O)/C(C)=C/c1ccc(C(CNS(=O)(=O)c2ccc(Cl)cc2)Cc2cccnc2)cc1. The second kappa shape index (κ2) is 11.9. The molecule has 1 atom stereocenters. The van der Waals surface area contributed by atoms with E-state index in [0.717, 1.165) is 16.7 Å². The van der Waals surface area contributed by atoms with Gasteiger partial charge < -0.3 is 4.74 Å². The molecule has 178 valence electrons. The van der Waals surface area contributed by atoms with Crippen LogP contribution in [0.2, 0.25) is 5.02 Å². The van der Waals surface area contributed by atoms with Crippen molar-refractivity contribution in [2.45, 2.75) is 31.1 Å². The molecule has 2 aromatic carbocycles. The molecule has 1 unspecified atom stereocenters. The molecule has 0 spiro atoms. The van der Waals surface area contributed by atoms with Gasteiger partial charge in [0, 0.05) is 35.5 Å². The summed E-state index contributed by atoms with van der Waals surface area (Å²) in [6.45, 7) is 4.01. The molecule has 3 aromatic rings. The number of esters is 1. The van der Waals surface area contributed by atoms with Crippen molar-refractivity contribution in [2.75, 3.05) is 13.2 Å². The number of nitrogens with zero attached hydrogens (tertiary/aromatic N) is 1. The quantitative estimate of drug-likeness (QED) is 0.314. The lowest BCUT2D eigenvalue weighted by atomic mass is 9.92. The van der Waals surface area contributed by atoms with E-state index in [-0.39, 0.29) is 23.3 Å². The van der Waals surface area contributed by atoms with Crippen LogP contribution < -0.4 is 4.72 Å². The van der Waals surface area contributed by atoms with E-state index in [2.05, 4.69) is 9.71 Å². The Labute approximate surface area is 205 Å². The molecular weight excluding hydrogens is 472 g/mol. The monoisotopic (exact) mass is 498 g/mol. The van der Waals surface area contributed by atoms with Gasteiger partial charge in [0.15, 0.2) is 0 Å². The highest BCUT2D eigenvalue weighted by atomic mass is 35.5. The molecule has 0 aliphatic rings. The maximum absolute atomic E-state index is 12.8. The third kappa shape index (κ3) is 7.25. The van der Waals surface area contributed by atoms with E-state index in [1.54, 1.807) is 44.4 Å². The second-order valence-corrected chi connectivity index (χ2v) is 9.99. The Morgan fingerprint density at radius 3 is 2.44 bits per heavy atom. The largest absolute Gasteiger partial charge is 0.463 e. The molecule has 0 bridgehead atoms. The van der Waals surface area contributed by atoms with Crippen LogP contribution in [0.15, 0.2) is 83.5 Å². The fourth-order valence-corrected chi connectivity index (χ4v) is 4.64. The zero-order valence-electron chi connectivity index (χ0n) is 19.1. The van der Waals surface area contributed by atoms with Gasteiger partial charge in [-0.1, -0.05) is 41.9 Å². The molecule has 0 aliphatic heterocycles. The zero-order valence-corrected chi connectivity index (χ0v) is 20.6. The number of hydrogen-bond donors (Lipinski definition) is 1. The number of halogens is 1. The summed E-state index contributed by atoms with van der Waals surface area (Å²) in [5.41, 5.74) is 3.34. The maximum Gasteiger partial charge on any atom is 0.333 e. The Hall–Kier alpha value is -3.00. The van der Waals surface area contributed by atoms with E-state index in [0.29, 0.717) is 23.6 Å². The third-order valence-electron chi connectivity index (χ3n) is 5.24. The minimum atomic E-state index is -3.70. The van der Waals surface area contributed by atoms with Gasteiger partial charge in [0.1, 0.15) is 0 Å². The first-order chi connectivity index (χ1) is 16.3. The van der Waals surface area contributed by atoms with Gasteiger partial charge in [-0.25, -0.2) is 17.9 Å². The Bertz CT molecular complexity index is 1230. The van der Waals surface area contributed by atoms with Gasteiger partial charge in [-0.2, -0.15) is 0 Å². The van der Waals surface area contributed by atoms with E-state index in [4.69, 9.17) is 16.3 Å². The highest BCUT2D eigenvalue weighted by Gasteiger charge is 2.19. The van der Waals surface area contributed by atoms with Gasteiger partial charge in [0.2, 0.25) is 10.0 Å². The molecule has 0 saturated carbocycles. The van der Waals surface area contributed by atoms with E-state index in [1.807, 2.05) is 36.4 Å². The van der Waals surface area contributed by atoms with E-state index >= 15 is 0 Å². The Kier molecular flexibility index (Phi) is 8.98. The first kappa shape index (κ1) is 25.6. The van der Waals surface area contributed by atoms with Crippen LogP contribution in [-0.2, 0) is 26.0 Å². The minimum absolute atomic E-state index is 0.129. The van der Waals surface area contributed by atoms with Gasteiger partial charge in [-0.05, 0) is 73.4 Å². The van der Waals surface area contributed by atoms with Crippen LogP contribution in [-0.4, -0.2) is 32.5 Å². The number of carbonyl (C=O) groups excluding carboxylic acids is 1. The zero-order chi connectivity index (χ0) is 24.6. The highest BCUT2D eigenvalue weighted by Crippen LogP contribution is 2.23. The summed E-state index contributed by atoms with van der Waals surface area (Å²) >= 11 is 5.89. The van der Waals surface area contributed by atoms with Crippen LogP contribution in [0.25, 0.3) is 6.08 Å². The number of benzene rings is 2. The van der Waals surface area contributed by atoms with Crippen LogP contribution in [0.1, 0.15) is 36.5 Å². The summed E-state index contributed by atoms with van der Waals surface area (Å²) in [5.74, 6) is -0.479. The predicted octanol–water partition coefficient (Wildman–Crippen LogP) is 5.01. The molecule has 0 aliphatic carbocycles. The molecule has 0 amide bonds. The number of ether oxygens (including phenoxy) is 1. The lowest BCUT2D eigenvalue weighted by Gasteiger charge is -2.19. The van der Waals surface area contributed by atoms with Crippen LogP contribution >= 0.6 is 11.6 Å². The predicted molar refractivity (Wildman–Crippen MR) is 134 cm³/mol. The smallest absolute Gasteiger partial charge is 0.333 e. The van der Waals surface area contributed by atoms with Crippen molar-refractivity contribution >= 4 is 33.7 Å². The van der Waals surface area contributed by atoms with Crippen molar-refractivity contribution in [3.8, 4) is 0 Å². The summed E-state index contributed by atoms with van der Waals surface area (Å²) < 4.78 is 33.4. The third-order valence-corrected chi connectivity index (χ3v) is 6.93. The number of aromatic nitrogens is 1. The average Bonchev–Trinajstić information content (AvgIpc) is 2.83. The average molecular weight is 499 g/mol. The van der Waals surface area contributed by atoms with E-state index in [1.165, 1.54) is 12.1 Å². The summed E-state index contributed by atoms with van der Waals surface area (Å²) in [6, 6.07) is 17.6. The van der Waals surface area contributed by atoms with Crippen molar-refractivity contribution < 1.29 is 17.9 Å². The van der Waals surface area contributed by atoms with Crippen molar-refractivity contribution in [2.24, 2.45) is 0 Å². The maximum atomic E-state index is 12.8. The number of nitrogens with one attached hydrogen (secondary N) is 1. The Morgan fingerprint density at radius 2 is 1.82 bits per heavy atom. The lowest BCUT2D eigenvalue weighted by molar-refractivity contribution is -0.138. The van der Waals surface area contributed by atoms with Crippen molar-refractivity contribution in [1.82, 2.24) is 9.71 Å². The topological polar surface area (TPSA) is 85.4 Å². The molecule has 0 radical (unpaired) electrons. The number of carbonyl (C=O) groups is 1. The van der Waals surface area contributed by atoms with Crippen LogP contribution in [0.5, 0.6) is 0 Å². The van der Waals surface area contributed by atoms with E-state index in [9.17, 15) is 13.2 Å². The molecular formula is C26H27ClN2O4S. The number of rotatable bonds is 10. The van der Waals surface area contributed by atoms with Gasteiger partial charge >= 0.3 is 5.97 Å². The summed E-state index contributed by atoms with van der Waals surface area (Å²) in [6.07, 6.45) is 5.85. The molecule has 1 heterocycles. The summed E-state index contributed by atoms with van der Waals surface area (Å²) in [7, 11) is -3.70. The molecule has 0 fully saturated rings. The van der Waals surface area contributed by atoms with Gasteiger partial charge in [-0.15, -0.1) is 0 Å². The van der Waals surface area contributed by atoms with Gasteiger partial charge in [0.25, 0.3) is 0 Å². The fourth-order valence-electron chi connectivity index (χ4n) is 3.44. The minimum Gasteiger partial charge on any atom is -0.463 e. The molecule has 0 saturated heterocycles. The molecule has 8 heteroatoms. The number of pyridine rings is 1. The van der Waals surface area contributed by atoms with Crippen molar-refractivity contribution in [3.05, 3.63) is 100 Å². The standard InChI is InChI=1S/C26H27ClN2O4S/c1-3-33-26(30)19(2)15-20-6-8-22(9-7-20)23(16-21-5-4-14-28-17-21)18-29-34(31,32)25-12-10-24(27)11-13-25/h4-15,17,23,29H,3,16,18H2,1-2H3/b19-15+. The normalized spacial score (nSPS) is 12.9. The van der Waals surface area contributed by atoms with Crippen LogP contribution in [0.4, 0.5) is 0 Å². The summed E-state index contributed by atoms with van der Waals surface area (Å²) in [4.78, 5) is 16.2. The number of sulfonamides is 1. The fraction of sp³-hybridized carbons (Fsp3) is 0.231. The summed E-state index contributed by atoms with van der Waals surface area (Å²) in [5, 5.41) is 0.473. The molecule has 1 N–H and O–H groups in total.